The monoisotopic (exact) mass is 412 g/mol. The molecule has 0 aliphatic rings. The van der Waals surface area contributed by atoms with Crippen LogP contribution in [0, 0.1) is 19.3 Å². The smallest absolute Gasteiger partial charge is 0.236 e. The zero-order valence-electron chi connectivity index (χ0n) is 16.5. The van der Waals surface area contributed by atoms with Gasteiger partial charge in [-0.1, -0.05) is 18.2 Å². The minimum atomic E-state index is -0.309. The van der Waals surface area contributed by atoms with Crippen molar-refractivity contribution in [3.63, 3.8) is 0 Å². The lowest BCUT2D eigenvalue weighted by Crippen LogP contribution is -2.35. The first-order valence-electron chi connectivity index (χ1n) is 9.15. The molecule has 3 aromatic rings. The molecule has 1 unspecified atom stereocenters. The van der Waals surface area contributed by atoms with Crippen LogP contribution in [0.2, 0.25) is 0 Å². The molecule has 7 nitrogen and oxygen atoms in total. The molecule has 0 aliphatic heterocycles. The standard InChI is InChI=1S/C21H24N4O3S/c1-12-5-4-6-13(2)18(12)28-16-9-7-15(8-10-16)24-21-17(20(27)25-29-21)19(22)23-14(3)11-26/h4-10,14,24,26H,11H2,1-3H3,(H2,22,23)(H,25,27). The number of hydrogen-bond donors (Lipinski definition) is 5. The average Bonchev–Trinajstić information content (AvgIpc) is 3.06. The number of benzene rings is 2. The molecule has 1 atom stereocenters. The van der Waals surface area contributed by atoms with Crippen LogP contribution in [0.3, 0.4) is 0 Å². The van der Waals surface area contributed by atoms with Crippen molar-refractivity contribution in [2.45, 2.75) is 26.8 Å². The van der Waals surface area contributed by atoms with Crippen molar-refractivity contribution in [3.05, 3.63) is 59.2 Å². The Kier molecular flexibility index (Phi) is 6.36. The first kappa shape index (κ1) is 20.6. The van der Waals surface area contributed by atoms with E-state index in [2.05, 4.69) is 15.0 Å². The molecule has 0 fully saturated rings. The highest BCUT2D eigenvalue weighted by molar-refractivity contribution is 7.11. The van der Waals surface area contributed by atoms with E-state index >= 15 is 0 Å². The molecule has 152 valence electrons. The van der Waals surface area contributed by atoms with E-state index < -0.39 is 0 Å². The van der Waals surface area contributed by atoms with Gasteiger partial charge < -0.3 is 25.6 Å². The Bertz CT molecular complexity index is 981. The summed E-state index contributed by atoms with van der Waals surface area (Å²) in [5.74, 6) is 1.33. The first-order valence-corrected chi connectivity index (χ1v) is 9.92. The maximum Gasteiger partial charge on any atom is 0.236 e. The van der Waals surface area contributed by atoms with E-state index in [1.54, 1.807) is 6.92 Å². The van der Waals surface area contributed by atoms with Crippen LogP contribution in [-0.2, 0) is 0 Å². The van der Waals surface area contributed by atoms with E-state index in [9.17, 15) is 5.11 Å². The molecule has 1 heterocycles. The third-order valence-corrected chi connectivity index (χ3v) is 5.08. The lowest BCUT2D eigenvalue weighted by Gasteiger charge is -2.14. The molecule has 3 rings (SSSR count). The number of rotatable bonds is 7. The van der Waals surface area contributed by atoms with Gasteiger partial charge in [0.25, 0.3) is 0 Å². The lowest BCUT2D eigenvalue weighted by atomic mass is 10.1. The summed E-state index contributed by atoms with van der Waals surface area (Å²) in [6.45, 7) is 5.64. The van der Waals surface area contributed by atoms with Crippen molar-refractivity contribution < 1.29 is 14.9 Å². The topological polar surface area (TPSA) is 110 Å². The number of nitrogens with zero attached hydrogens (tertiary/aromatic N) is 1. The molecule has 0 amide bonds. The summed E-state index contributed by atoms with van der Waals surface area (Å²) in [5, 5.41) is 33.9. The highest BCUT2D eigenvalue weighted by Gasteiger charge is 2.19. The predicted molar refractivity (Wildman–Crippen MR) is 116 cm³/mol. The fourth-order valence-corrected chi connectivity index (χ4v) is 3.49. The highest BCUT2D eigenvalue weighted by Crippen LogP contribution is 2.33. The summed E-state index contributed by atoms with van der Waals surface area (Å²) in [6.07, 6.45) is 0. The van der Waals surface area contributed by atoms with Crippen molar-refractivity contribution >= 4 is 28.1 Å². The van der Waals surface area contributed by atoms with Crippen LogP contribution < -0.4 is 15.4 Å². The molecular formula is C21H24N4O3S. The molecule has 0 spiro atoms. The van der Waals surface area contributed by atoms with E-state index in [1.165, 1.54) is 0 Å². The Hall–Kier alpha value is -3.10. The number of ether oxygens (including phenoxy) is 1. The van der Waals surface area contributed by atoms with E-state index in [0.717, 1.165) is 34.1 Å². The van der Waals surface area contributed by atoms with Gasteiger partial charge in [0, 0.05) is 11.7 Å². The molecule has 0 bridgehead atoms. The molecule has 0 saturated carbocycles. The molecule has 29 heavy (non-hydrogen) atoms. The van der Waals surface area contributed by atoms with Crippen molar-refractivity contribution in [3.8, 4) is 17.4 Å². The number of para-hydroxylation sites is 1. The average molecular weight is 413 g/mol. The van der Waals surface area contributed by atoms with Gasteiger partial charge >= 0.3 is 0 Å². The highest BCUT2D eigenvalue weighted by atomic mass is 32.1. The fraction of sp³-hybridized carbons (Fsp3) is 0.238. The molecule has 0 radical (unpaired) electrons. The minimum Gasteiger partial charge on any atom is -0.492 e. The summed E-state index contributed by atoms with van der Waals surface area (Å²) in [6, 6.07) is 13.1. The summed E-state index contributed by atoms with van der Waals surface area (Å²) < 4.78 is 9.95. The van der Waals surface area contributed by atoms with E-state index in [-0.39, 0.29) is 29.9 Å². The Morgan fingerprint density at radius 3 is 2.45 bits per heavy atom. The van der Waals surface area contributed by atoms with Crippen molar-refractivity contribution in [2.24, 2.45) is 0 Å². The van der Waals surface area contributed by atoms with Gasteiger partial charge in [-0.2, -0.15) is 4.37 Å². The molecule has 2 aromatic carbocycles. The lowest BCUT2D eigenvalue weighted by molar-refractivity contribution is 0.264. The molecule has 0 aliphatic carbocycles. The number of aliphatic hydroxyl groups is 1. The zero-order valence-corrected chi connectivity index (χ0v) is 17.3. The van der Waals surface area contributed by atoms with Gasteiger partial charge in [0.05, 0.1) is 6.61 Å². The summed E-state index contributed by atoms with van der Waals surface area (Å²) in [4.78, 5) is 0. The van der Waals surface area contributed by atoms with E-state index in [1.807, 2.05) is 56.3 Å². The second kappa shape index (κ2) is 8.93. The van der Waals surface area contributed by atoms with Gasteiger partial charge in [-0.25, -0.2) is 0 Å². The third-order valence-electron chi connectivity index (χ3n) is 4.33. The van der Waals surface area contributed by atoms with Crippen molar-refractivity contribution in [1.29, 1.82) is 5.41 Å². The number of amidine groups is 1. The van der Waals surface area contributed by atoms with Crippen LogP contribution in [0.25, 0.3) is 0 Å². The largest absolute Gasteiger partial charge is 0.492 e. The third kappa shape index (κ3) is 4.85. The predicted octanol–water partition coefficient (Wildman–Crippen LogP) is 4.30. The first-order chi connectivity index (χ1) is 13.9. The van der Waals surface area contributed by atoms with Crippen LogP contribution in [0.5, 0.6) is 17.4 Å². The summed E-state index contributed by atoms with van der Waals surface area (Å²) in [7, 11) is 0. The number of aromatic hydroxyl groups is 1. The normalized spacial score (nSPS) is 11.7. The van der Waals surface area contributed by atoms with Crippen LogP contribution in [0.1, 0.15) is 23.6 Å². The number of aryl methyl sites for hydroxylation is 2. The number of nitrogens with one attached hydrogen (secondary N) is 3. The molecule has 1 aromatic heterocycles. The quantitative estimate of drug-likeness (QED) is 0.292. The van der Waals surface area contributed by atoms with E-state index in [0.29, 0.717) is 10.8 Å². The summed E-state index contributed by atoms with van der Waals surface area (Å²) in [5.41, 5.74) is 3.18. The second-order valence-corrected chi connectivity index (χ2v) is 7.56. The molecule has 0 saturated heterocycles. The van der Waals surface area contributed by atoms with Crippen LogP contribution in [-0.4, -0.2) is 33.1 Å². The second-order valence-electron chi connectivity index (χ2n) is 6.79. The van der Waals surface area contributed by atoms with Gasteiger partial charge in [-0.05, 0) is 67.7 Å². The zero-order chi connectivity index (χ0) is 21.0. The van der Waals surface area contributed by atoms with Crippen molar-refractivity contribution in [2.75, 3.05) is 11.9 Å². The maximum atomic E-state index is 10.0. The number of aromatic nitrogens is 1. The Balaban J connectivity index is 1.75. The number of hydrogen-bond acceptors (Lipinski definition) is 7. The maximum absolute atomic E-state index is 10.0. The van der Waals surface area contributed by atoms with E-state index in [4.69, 9.17) is 15.3 Å². The summed E-state index contributed by atoms with van der Waals surface area (Å²) >= 11 is 1.06. The Morgan fingerprint density at radius 2 is 1.83 bits per heavy atom. The van der Waals surface area contributed by atoms with Crippen molar-refractivity contribution in [1.82, 2.24) is 9.69 Å². The van der Waals surface area contributed by atoms with Gasteiger partial charge in [0.1, 0.15) is 27.9 Å². The van der Waals surface area contributed by atoms with Gasteiger partial charge in [-0.15, -0.1) is 0 Å². The molecule has 5 N–H and O–H groups in total. The SMILES string of the molecule is Cc1cccc(C)c1Oc1ccc(Nc2snc(O)c2C(=N)NC(C)CO)cc1. The molecule has 8 heteroatoms. The van der Waals surface area contributed by atoms with Gasteiger partial charge in [-0.3, -0.25) is 5.41 Å². The fourth-order valence-electron chi connectivity index (χ4n) is 2.77. The van der Waals surface area contributed by atoms with Crippen LogP contribution in [0.4, 0.5) is 10.7 Å². The Labute approximate surface area is 173 Å². The number of anilines is 2. The van der Waals surface area contributed by atoms with Crippen LogP contribution in [0.15, 0.2) is 42.5 Å². The minimum absolute atomic E-state index is 0.00437. The van der Waals surface area contributed by atoms with Gasteiger partial charge in [0.2, 0.25) is 5.88 Å². The number of aliphatic hydroxyl groups excluding tert-OH is 1. The van der Waals surface area contributed by atoms with Crippen LogP contribution >= 0.6 is 11.5 Å². The molecular weight excluding hydrogens is 388 g/mol. The van der Waals surface area contributed by atoms with Gasteiger partial charge in [0.15, 0.2) is 0 Å². The Morgan fingerprint density at radius 1 is 1.17 bits per heavy atom.